The molecule has 3 nitrogen and oxygen atoms in total. The highest BCUT2D eigenvalue weighted by Crippen LogP contribution is 2.34. The third kappa shape index (κ3) is 3.38. The van der Waals surface area contributed by atoms with Crippen molar-refractivity contribution >= 4 is 23.2 Å². The summed E-state index contributed by atoms with van der Waals surface area (Å²) in [6.07, 6.45) is 1.61. The van der Waals surface area contributed by atoms with Crippen LogP contribution >= 0.6 is 23.2 Å². The number of pyridine rings is 1. The van der Waals surface area contributed by atoms with E-state index in [1.807, 2.05) is 6.92 Å². The SMILES string of the molecule is CC[C@@H](O)c1ccc(Oc2cccc(Cl)c2Cl)cn1. The molecule has 100 valence electrons. The Labute approximate surface area is 121 Å². The molecule has 0 aliphatic carbocycles. The van der Waals surface area contributed by atoms with E-state index in [-0.39, 0.29) is 0 Å². The zero-order valence-corrected chi connectivity index (χ0v) is 11.8. The van der Waals surface area contributed by atoms with E-state index in [1.54, 1.807) is 36.5 Å². The lowest BCUT2D eigenvalue weighted by molar-refractivity contribution is 0.169. The van der Waals surface area contributed by atoms with Gasteiger partial charge in [-0.1, -0.05) is 36.2 Å². The standard InChI is InChI=1S/C14H13Cl2NO2/c1-2-12(18)11-7-6-9(8-17-11)19-13-5-3-4-10(15)14(13)16/h3-8,12,18H,2H2,1H3/t12-/m1/s1. The number of aliphatic hydroxyl groups excluding tert-OH is 1. The second-order valence-electron chi connectivity index (χ2n) is 4.00. The van der Waals surface area contributed by atoms with Crippen LogP contribution in [0.5, 0.6) is 11.5 Å². The van der Waals surface area contributed by atoms with E-state index >= 15 is 0 Å². The molecule has 0 radical (unpaired) electrons. The van der Waals surface area contributed by atoms with Crippen LogP contribution in [0.15, 0.2) is 36.5 Å². The van der Waals surface area contributed by atoms with Crippen molar-refractivity contribution < 1.29 is 9.84 Å². The number of aliphatic hydroxyl groups is 1. The molecule has 0 aliphatic heterocycles. The lowest BCUT2D eigenvalue weighted by atomic mass is 10.2. The summed E-state index contributed by atoms with van der Waals surface area (Å²) in [6.45, 7) is 1.89. The maximum Gasteiger partial charge on any atom is 0.147 e. The van der Waals surface area contributed by atoms with Crippen molar-refractivity contribution in [3.8, 4) is 11.5 Å². The molecule has 0 aliphatic rings. The average molecular weight is 298 g/mol. The quantitative estimate of drug-likeness (QED) is 0.895. The second kappa shape index (κ2) is 6.24. The summed E-state index contributed by atoms with van der Waals surface area (Å²) in [5.41, 5.74) is 0.618. The van der Waals surface area contributed by atoms with Crippen molar-refractivity contribution in [1.82, 2.24) is 4.98 Å². The van der Waals surface area contributed by atoms with Crippen molar-refractivity contribution in [2.45, 2.75) is 19.4 Å². The van der Waals surface area contributed by atoms with Gasteiger partial charge in [0.05, 0.1) is 23.0 Å². The van der Waals surface area contributed by atoms with Crippen LogP contribution in [-0.4, -0.2) is 10.1 Å². The zero-order valence-electron chi connectivity index (χ0n) is 10.3. The molecule has 1 N–H and O–H groups in total. The van der Waals surface area contributed by atoms with Gasteiger partial charge in [0.15, 0.2) is 0 Å². The highest BCUT2D eigenvalue weighted by atomic mass is 35.5. The zero-order chi connectivity index (χ0) is 13.8. The highest BCUT2D eigenvalue weighted by molar-refractivity contribution is 6.42. The first-order valence-corrected chi connectivity index (χ1v) is 6.63. The lowest BCUT2D eigenvalue weighted by Gasteiger charge is -2.10. The number of hydrogen-bond acceptors (Lipinski definition) is 3. The van der Waals surface area contributed by atoms with E-state index in [0.717, 1.165) is 0 Å². The Morgan fingerprint density at radius 1 is 1.26 bits per heavy atom. The lowest BCUT2D eigenvalue weighted by Crippen LogP contribution is -1.98. The first-order chi connectivity index (χ1) is 9.11. The van der Waals surface area contributed by atoms with Crippen LogP contribution in [0.3, 0.4) is 0 Å². The summed E-state index contributed by atoms with van der Waals surface area (Å²) in [5, 5.41) is 10.4. The van der Waals surface area contributed by atoms with E-state index in [0.29, 0.717) is 33.7 Å². The number of ether oxygens (including phenoxy) is 1. The van der Waals surface area contributed by atoms with Crippen LogP contribution in [0.1, 0.15) is 25.1 Å². The molecule has 0 fully saturated rings. The fraction of sp³-hybridized carbons (Fsp3) is 0.214. The van der Waals surface area contributed by atoms with Crippen molar-refractivity contribution in [3.63, 3.8) is 0 Å². The van der Waals surface area contributed by atoms with E-state index < -0.39 is 6.10 Å². The Kier molecular flexibility index (Phi) is 4.64. The summed E-state index contributed by atoms with van der Waals surface area (Å²) in [4.78, 5) is 4.15. The normalized spacial score (nSPS) is 12.2. The predicted octanol–water partition coefficient (Wildman–Crippen LogP) is 4.62. The molecular weight excluding hydrogens is 285 g/mol. The molecule has 1 atom stereocenters. The van der Waals surface area contributed by atoms with Gasteiger partial charge in [-0.3, -0.25) is 4.98 Å². The Bertz CT molecular complexity index is 558. The molecular formula is C14H13Cl2NO2. The van der Waals surface area contributed by atoms with Gasteiger partial charge in [0.1, 0.15) is 16.5 Å². The third-order valence-corrected chi connectivity index (χ3v) is 3.43. The van der Waals surface area contributed by atoms with Crippen LogP contribution in [0.25, 0.3) is 0 Å². The monoisotopic (exact) mass is 297 g/mol. The van der Waals surface area contributed by atoms with Crippen LogP contribution < -0.4 is 4.74 Å². The van der Waals surface area contributed by atoms with Gasteiger partial charge < -0.3 is 9.84 Å². The molecule has 1 aromatic heterocycles. The summed E-state index contributed by atoms with van der Waals surface area (Å²) in [6, 6.07) is 8.63. The van der Waals surface area contributed by atoms with Crippen molar-refractivity contribution in [1.29, 1.82) is 0 Å². The van der Waals surface area contributed by atoms with Crippen molar-refractivity contribution in [2.75, 3.05) is 0 Å². The number of aromatic nitrogens is 1. The van der Waals surface area contributed by atoms with E-state index in [4.69, 9.17) is 27.9 Å². The van der Waals surface area contributed by atoms with E-state index in [2.05, 4.69) is 4.98 Å². The number of nitrogens with zero attached hydrogens (tertiary/aromatic N) is 1. The first-order valence-electron chi connectivity index (χ1n) is 5.87. The Balaban J connectivity index is 2.18. The van der Waals surface area contributed by atoms with Crippen molar-refractivity contribution in [3.05, 3.63) is 52.3 Å². The third-order valence-electron chi connectivity index (χ3n) is 2.63. The number of hydrogen-bond donors (Lipinski definition) is 1. The van der Waals surface area contributed by atoms with Gasteiger partial charge in [0, 0.05) is 0 Å². The fourth-order valence-corrected chi connectivity index (χ4v) is 1.88. The topological polar surface area (TPSA) is 42.4 Å². The molecule has 0 saturated heterocycles. The molecule has 2 rings (SSSR count). The van der Waals surface area contributed by atoms with Crippen LogP contribution in [0.4, 0.5) is 0 Å². The van der Waals surface area contributed by atoms with Crippen molar-refractivity contribution in [2.24, 2.45) is 0 Å². The highest BCUT2D eigenvalue weighted by Gasteiger charge is 2.09. The molecule has 0 unspecified atom stereocenters. The maximum absolute atomic E-state index is 9.65. The van der Waals surface area contributed by atoms with Gasteiger partial charge in [0.25, 0.3) is 0 Å². The van der Waals surface area contributed by atoms with Gasteiger partial charge in [-0.25, -0.2) is 0 Å². The van der Waals surface area contributed by atoms with Gasteiger partial charge in [-0.2, -0.15) is 0 Å². The molecule has 5 heteroatoms. The Morgan fingerprint density at radius 2 is 2.05 bits per heavy atom. The van der Waals surface area contributed by atoms with Gasteiger partial charge >= 0.3 is 0 Å². The van der Waals surface area contributed by atoms with E-state index in [1.165, 1.54) is 0 Å². The fourth-order valence-electron chi connectivity index (χ4n) is 1.55. The van der Waals surface area contributed by atoms with Crippen LogP contribution in [0, 0.1) is 0 Å². The number of halogens is 2. The average Bonchev–Trinajstić information content (AvgIpc) is 2.44. The summed E-state index contributed by atoms with van der Waals surface area (Å²) in [5.74, 6) is 1.01. The first kappa shape index (κ1) is 14.1. The smallest absolute Gasteiger partial charge is 0.147 e. The predicted molar refractivity (Wildman–Crippen MR) is 76.0 cm³/mol. The molecule has 2 aromatic rings. The molecule has 19 heavy (non-hydrogen) atoms. The minimum atomic E-state index is -0.552. The second-order valence-corrected chi connectivity index (χ2v) is 4.78. The maximum atomic E-state index is 9.65. The molecule has 0 amide bonds. The van der Waals surface area contributed by atoms with Crippen LogP contribution in [0.2, 0.25) is 10.0 Å². The molecule has 1 aromatic carbocycles. The molecule has 1 heterocycles. The molecule has 0 saturated carbocycles. The molecule has 0 bridgehead atoms. The van der Waals surface area contributed by atoms with Crippen LogP contribution in [-0.2, 0) is 0 Å². The molecule has 0 spiro atoms. The van der Waals surface area contributed by atoms with Gasteiger partial charge in [-0.05, 0) is 30.7 Å². The number of benzene rings is 1. The Morgan fingerprint density at radius 3 is 2.68 bits per heavy atom. The minimum absolute atomic E-state index is 0.363. The summed E-state index contributed by atoms with van der Waals surface area (Å²) >= 11 is 11.9. The number of rotatable bonds is 4. The summed E-state index contributed by atoms with van der Waals surface area (Å²) < 4.78 is 5.60. The van der Waals surface area contributed by atoms with Gasteiger partial charge in [-0.15, -0.1) is 0 Å². The van der Waals surface area contributed by atoms with E-state index in [9.17, 15) is 5.11 Å². The Hall–Kier alpha value is -1.29. The largest absolute Gasteiger partial charge is 0.454 e. The minimum Gasteiger partial charge on any atom is -0.454 e. The summed E-state index contributed by atoms with van der Waals surface area (Å²) in [7, 11) is 0. The van der Waals surface area contributed by atoms with Gasteiger partial charge in [0.2, 0.25) is 0 Å².